The summed E-state index contributed by atoms with van der Waals surface area (Å²) in [4.78, 5) is 29.9. The monoisotopic (exact) mass is 419 g/mol. The van der Waals surface area contributed by atoms with Gasteiger partial charge in [-0.1, -0.05) is 42.5 Å². The SMILES string of the molecule is O=C(N[C@@H](CO)Cc1ccccc1)C1CCC(Cn2cnc3ccccc3c2=O)CC1. The van der Waals surface area contributed by atoms with Crippen LogP contribution in [0, 0.1) is 11.8 Å². The minimum atomic E-state index is -0.269. The van der Waals surface area contributed by atoms with Crippen molar-refractivity contribution in [3.05, 3.63) is 76.8 Å². The molecule has 162 valence electrons. The third-order valence-electron chi connectivity index (χ3n) is 6.30. The van der Waals surface area contributed by atoms with Gasteiger partial charge in [-0.2, -0.15) is 0 Å². The van der Waals surface area contributed by atoms with Crippen LogP contribution in [-0.4, -0.2) is 33.2 Å². The summed E-state index contributed by atoms with van der Waals surface area (Å²) in [6, 6.07) is 17.0. The molecule has 3 aromatic rings. The van der Waals surface area contributed by atoms with Gasteiger partial charge in [-0.05, 0) is 55.7 Å². The van der Waals surface area contributed by atoms with Crippen molar-refractivity contribution in [2.24, 2.45) is 11.8 Å². The number of benzene rings is 2. The predicted molar refractivity (Wildman–Crippen MR) is 121 cm³/mol. The number of nitrogens with one attached hydrogen (secondary N) is 1. The van der Waals surface area contributed by atoms with E-state index in [1.165, 1.54) is 0 Å². The molecule has 0 spiro atoms. The Kier molecular flexibility index (Phi) is 6.77. The van der Waals surface area contributed by atoms with Crippen molar-refractivity contribution in [3.8, 4) is 0 Å². The molecule has 0 unspecified atom stereocenters. The van der Waals surface area contributed by atoms with E-state index in [0.717, 1.165) is 36.8 Å². The Hall–Kier alpha value is -2.99. The maximum absolute atomic E-state index is 12.7. The summed E-state index contributed by atoms with van der Waals surface area (Å²) in [7, 11) is 0. The summed E-state index contributed by atoms with van der Waals surface area (Å²) in [5.41, 5.74) is 1.82. The summed E-state index contributed by atoms with van der Waals surface area (Å²) >= 11 is 0. The average molecular weight is 420 g/mol. The van der Waals surface area contributed by atoms with Crippen LogP contribution < -0.4 is 10.9 Å². The molecule has 6 heteroatoms. The molecule has 2 N–H and O–H groups in total. The average Bonchev–Trinajstić information content (AvgIpc) is 2.81. The number of aromatic nitrogens is 2. The van der Waals surface area contributed by atoms with Crippen molar-refractivity contribution in [3.63, 3.8) is 0 Å². The standard InChI is InChI=1S/C25H29N3O3/c29-16-21(14-18-6-2-1-3-7-18)27-24(30)20-12-10-19(11-13-20)15-28-17-26-23-9-5-4-8-22(23)25(28)31/h1-9,17,19-21,29H,10-16H2,(H,27,30)/t19?,20?,21-/m1/s1. The van der Waals surface area contributed by atoms with Crippen LogP contribution in [0.1, 0.15) is 31.2 Å². The molecule has 1 aromatic heterocycles. The molecule has 0 bridgehead atoms. The van der Waals surface area contributed by atoms with Crippen LogP contribution in [0.25, 0.3) is 10.9 Å². The van der Waals surface area contributed by atoms with Crippen LogP contribution >= 0.6 is 0 Å². The number of hydrogen-bond donors (Lipinski definition) is 2. The van der Waals surface area contributed by atoms with Gasteiger partial charge in [0.25, 0.3) is 5.56 Å². The Morgan fingerprint density at radius 1 is 1.06 bits per heavy atom. The van der Waals surface area contributed by atoms with Crippen molar-refractivity contribution < 1.29 is 9.90 Å². The molecule has 1 aliphatic carbocycles. The zero-order valence-corrected chi connectivity index (χ0v) is 17.6. The molecule has 31 heavy (non-hydrogen) atoms. The third kappa shape index (κ3) is 5.20. The van der Waals surface area contributed by atoms with Gasteiger partial charge < -0.3 is 10.4 Å². The number of rotatable bonds is 7. The number of hydrogen-bond acceptors (Lipinski definition) is 4. The first-order valence-corrected chi connectivity index (χ1v) is 11.0. The van der Waals surface area contributed by atoms with Crippen molar-refractivity contribution in [1.82, 2.24) is 14.9 Å². The first-order chi connectivity index (χ1) is 15.1. The first-order valence-electron chi connectivity index (χ1n) is 11.0. The van der Waals surface area contributed by atoms with Gasteiger partial charge in [-0.25, -0.2) is 4.98 Å². The second-order valence-corrected chi connectivity index (χ2v) is 8.51. The molecule has 0 saturated heterocycles. The van der Waals surface area contributed by atoms with E-state index >= 15 is 0 Å². The molecule has 1 fully saturated rings. The number of nitrogens with zero attached hydrogens (tertiary/aromatic N) is 2. The smallest absolute Gasteiger partial charge is 0.261 e. The second-order valence-electron chi connectivity index (χ2n) is 8.51. The van der Waals surface area contributed by atoms with E-state index in [9.17, 15) is 14.7 Å². The predicted octanol–water partition coefficient (Wildman–Crippen LogP) is 2.92. The van der Waals surface area contributed by atoms with Crippen LogP contribution in [0.5, 0.6) is 0 Å². The third-order valence-corrected chi connectivity index (χ3v) is 6.30. The molecule has 1 heterocycles. The summed E-state index contributed by atoms with van der Waals surface area (Å²) in [5, 5.41) is 13.4. The minimum absolute atomic E-state index is 0.00262. The van der Waals surface area contributed by atoms with Crippen LogP contribution in [0.15, 0.2) is 65.7 Å². The summed E-state index contributed by atoms with van der Waals surface area (Å²) in [6.45, 7) is 0.562. The first kappa shape index (κ1) is 21.2. The lowest BCUT2D eigenvalue weighted by Gasteiger charge is -2.29. The van der Waals surface area contributed by atoms with Crippen LogP contribution in [0.4, 0.5) is 0 Å². The van der Waals surface area contributed by atoms with Crippen LogP contribution in [-0.2, 0) is 17.8 Å². The van der Waals surface area contributed by atoms with Crippen molar-refractivity contribution in [2.45, 2.75) is 44.7 Å². The van der Waals surface area contributed by atoms with E-state index < -0.39 is 0 Å². The maximum atomic E-state index is 12.7. The lowest BCUT2D eigenvalue weighted by Crippen LogP contribution is -2.43. The van der Waals surface area contributed by atoms with E-state index in [4.69, 9.17) is 0 Å². The highest BCUT2D eigenvalue weighted by atomic mass is 16.3. The molecule has 6 nitrogen and oxygen atoms in total. The largest absolute Gasteiger partial charge is 0.394 e. The Bertz CT molecular complexity index is 1070. The Labute approximate surface area is 181 Å². The summed E-state index contributed by atoms with van der Waals surface area (Å²) in [5.74, 6) is 0.355. The molecule has 1 amide bonds. The number of fused-ring (bicyclic) bond motifs is 1. The van der Waals surface area contributed by atoms with Crippen molar-refractivity contribution in [1.29, 1.82) is 0 Å². The van der Waals surface area contributed by atoms with Gasteiger partial charge in [0.2, 0.25) is 5.91 Å². The summed E-state index contributed by atoms with van der Waals surface area (Å²) < 4.78 is 1.70. The molecular formula is C25H29N3O3. The van der Waals surface area contributed by atoms with Gasteiger partial charge in [-0.15, -0.1) is 0 Å². The summed E-state index contributed by atoms with van der Waals surface area (Å²) in [6.07, 6.45) is 5.67. The number of aliphatic hydroxyl groups is 1. The molecule has 1 saturated carbocycles. The maximum Gasteiger partial charge on any atom is 0.261 e. The second kappa shape index (κ2) is 9.88. The number of carbonyl (C=O) groups is 1. The fourth-order valence-corrected chi connectivity index (χ4v) is 4.50. The molecule has 2 aromatic carbocycles. The van der Waals surface area contributed by atoms with Gasteiger partial charge in [0.05, 0.1) is 29.9 Å². The fraction of sp³-hybridized carbons (Fsp3) is 0.400. The normalized spacial score (nSPS) is 19.8. The number of aliphatic hydroxyl groups excluding tert-OH is 1. The topological polar surface area (TPSA) is 84.2 Å². The zero-order valence-electron chi connectivity index (χ0n) is 17.6. The number of carbonyl (C=O) groups excluding carboxylic acids is 1. The molecular weight excluding hydrogens is 390 g/mol. The van der Waals surface area contributed by atoms with Crippen LogP contribution in [0.2, 0.25) is 0 Å². The molecule has 1 aliphatic rings. The van der Waals surface area contributed by atoms with Gasteiger partial charge in [-0.3, -0.25) is 14.2 Å². The van der Waals surface area contributed by atoms with Crippen molar-refractivity contribution >= 4 is 16.8 Å². The van der Waals surface area contributed by atoms with Crippen molar-refractivity contribution in [2.75, 3.05) is 6.61 Å². The Balaban J connectivity index is 1.30. The minimum Gasteiger partial charge on any atom is -0.394 e. The van der Waals surface area contributed by atoms with E-state index in [2.05, 4.69) is 10.3 Å². The lowest BCUT2D eigenvalue weighted by atomic mass is 9.81. The molecule has 0 radical (unpaired) electrons. The van der Waals surface area contributed by atoms with Gasteiger partial charge in [0, 0.05) is 12.5 Å². The number of para-hydroxylation sites is 1. The van der Waals surface area contributed by atoms with Gasteiger partial charge >= 0.3 is 0 Å². The quantitative estimate of drug-likeness (QED) is 0.617. The molecule has 0 aliphatic heterocycles. The zero-order chi connectivity index (χ0) is 21.6. The number of amides is 1. The molecule has 1 atom stereocenters. The van der Waals surface area contributed by atoms with E-state index in [1.54, 1.807) is 10.9 Å². The van der Waals surface area contributed by atoms with Gasteiger partial charge in [0.1, 0.15) is 0 Å². The van der Waals surface area contributed by atoms with E-state index in [1.807, 2.05) is 54.6 Å². The Morgan fingerprint density at radius 3 is 2.52 bits per heavy atom. The molecule has 4 rings (SSSR count). The van der Waals surface area contributed by atoms with Gasteiger partial charge in [0.15, 0.2) is 0 Å². The highest BCUT2D eigenvalue weighted by Crippen LogP contribution is 2.30. The Morgan fingerprint density at radius 2 is 1.77 bits per heavy atom. The highest BCUT2D eigenvalue weighted by molar-refractivity contribution is 5.79. The van der Waals surface area contributed by atoms with E-state index in [0.29, 0.717) is 24.3 Å². The fourth-order valence-electron chi connectivity index (χ4n) is 4.50. The van der Waals surface area contributed by atoms with E-state index in [-0.39, 0.29) is 30.0 Å². The highest BCUT2D eigenvalue weighted by Gasteiger charge is 2.28. The van der Waals surface area contributed by atoms with Crippen LogP contribution in [0.3, 0.4) is 0 Å². The lowest BCUT2D eigenvalue weighted by molar-refractivity contribution is -0.127.